The van der Waals surface area contributed by atoms with Crippen LogP contribution in [0.25, 0.3) is 0 Å². The molecule has 1 saturated carbocycles. The minimum absolute atomic E-state index is 0.0617. The molecule has 1 aromatic rings. The first-order valence-electron chi connectivity index (χ1n) is 7.05. The Balaban J connectivity index is 1.91. The van der Waals surface area contributed by atoms with Gasteiger partial charge in [0, 0.05) is 34.5 Å². The second-order valence-corrected chi connectivity index (χ2v) is 7.76. The normalized spacial score (nSPS) is 34.1. The van der Waals surface area contributed by atoms with Crippen LogP contribution >= 0.6 is 27.7 Å². The summed E-state index contributed by atoms with van der Waals surface area (Å²) < 4.78 is 7.16. The van der Waals surface area contributed by atoms with Crippen LogP contribution in [-0.2, 0) is 10.3 Å². The summed E-state index contributed by atoms with van der Waals surface area (Å²) in [6.45, 7) is 0. The fourth-order valence-electron chi connectivity index (χ4n) is 3.68. The van der Waals surface area contributed by atoms with Crippen LogP contribution in [0.1, 0.15) is 24.8 Å². The van der Waals surface area contributed by atoms with Gasteiger partial charge in [-0.25, -0.2) is 4.99 Å². The molecule has 6 heteroatoms. The highest BCUT2D eigenvalue weighted by Crippen LogP contribution is 2.54. The number of carbonyl (C=O) groups excluding carboxylic acids is 1. The van der Waals surface area contributed by atoms with Crippen LogP contribution in [0.3, 0.4) is 0 Å². The number of aliphatic imine (C=N–C) groups is 1. The number of ketones is 1. The van der Waals surface area contributed by atoms with Gasteiger partial charge in [-0.1, -0.05) is 27.7 Å². The van der Waals surface area contributed by atoms with E-state index in [1.54, 1.807) is 11.8 Å². The van der Waals surface area contributed by atoms with E-state index in [2.05, 4.69) is 22.0 Å². The fourth-order valence-corrected chi connectivity index (χ4v) is 5.07. The number of carbonyl (C=O) groups is 1. The number of thioether (sulfide) groups is 1. The first-order chi connectivity index (χ1) is 10.1. The molecule has 0 radical (unpaired) electrons. The van der Waals surface area contributed by atoms with Gasteiger partial charge in [0.1, 0.15) is 23.2 Å². The highest BCUT2D eigenvalue weighted by Gasteiger charge is 2.54. The Morgan fingerprint density at radius 2 is 2.33 bits per heavy atom. The number of ether oxygens (including phenoxy) is 1. The van der Waals surface area contributed by atoms with Crippen molar-refractivity contribution in [2.24, 2.45) is 16.6 Å². The molecule has 110 valence electrons. The number of nitrogens with two attached hydrogens (primary N) is 1. The van der Waals surface area contributed by atoms with E-state index in [0.29, 0.717) is 23.8 Å². The molecule has 0 saturated heterocycles. The van der Waals surface area contributed by atoms with E-state index in [-0.39, 0.29) is 12.0 Å². The number of hydrogen-bond acceptors (Lipinski definition) is 5. The Kier molecular flexibility index (Phi) is 3.08. The van der Waals surface area contributed by atoms with Gasteiger partial charge in [0.05, 0.1) is 0 Å². The zero-order valence-electron chi connectivity index (χ0n) is 11.3. The summed E-state index contributed by atoms with van der Waals surface area (Å²) in [5, 5.41) is 0.611. The lowest BCUT2D eigenvalue weighted by Gasteiger charge is -2.46. The monoisotopic (exact) mass is 366 g/mol. The molecule has 21 heavy (non-hydrogen) atoms. The lowest BCUT2D eigenvalue weighted by atomic mass is 9.68. The Bertz CT molecular complexity index is 663. The summed E-state index contributed by atoms with van der Waals surface area (Å²) in [5.74, 6) is 2.07. The molecule has 3 aliphatic rings. The zero-order valence-corrected chi connectivity index (χ0v) is 13.7. The molecule has 0 aromatic heterocycles. The number of halogens is 1. The predicted molar refractivity (Wildman–Crippen MR) is 86.7 cm³/mol. The molecule has 4 rings (SSSR count). The standard InChI is InChI=1S/C15H15BrN2O2S/c16-8-1-3-12-10(5-8)15(7-21-14(17)18-15)11-6-9(19)2-4-13(11)20-12/h1,3,5,11,13H,2,4,6-7H2,(H2,17,18). The molecule has 4 nitrogen and oxygen atoms in total. The van der Waals surface area contributed by atoms with Crippen molar-refractivity contribution < 1.29 is 9.53 Å². The molecule has 1 fully saturated rings. The maximum Gasteiger partial charge on any atom is 0.154 e. The van der Waals surface area contributed by atoms with Crippen molar-refractivity contribution in [1.29, 1.82) is 0 Å². The number of hydrogen-bond donors (Lipinski definition) is 1. The van der Waals surface area contributed by atoms with E-state index in [1.807, 2.05) is 12.1 Å². The summed E-state index contributed by atoms with van der Waals surface area (Å²) in [4.78, 5) is 16.8. The SMILES string of the molecule is NC1=NC2(CS1)c1cc(Br)ccc1OC1CCC(=O)CC12. The largest absolute Gasteiger partial charge is 0.490 e. The van der Waals surface area contributed by atoms with Gasteiger partial charge in [-0.05, 0) is 24.6 Å². The predicted octanol–water partition coefficient (Wildman–Crippen LogP) is 2.84. The van der Waals surface area contributed by atoms with E-state index >= 15 is 0 Å². The van der Waals surface area contributed by atoms with Crippen molar-refractivity contribution in [3.8, 4) is 5.75 Å². The topological polar surface area (TPSA) is 64.7 Å². The number of amidine groups is 1. The third-order valence-electron chi connectivity index (χ3n) is 4.65. The third-order valence-corrected chi connectivity index (χ3v) is 6.12. The van der Waals surface area contributed by atoms with Gasteiger partial charge in [0.2, 0.25) is 0 Å². The first-order valence-corrected chi connectivity index (χ1v) is 8.83. The lowest BCUT2D eigenvalue weighted by molar-refractivity contribution is -0.126. The van der Waals surface area contributed by atoms with Crippen LogP contribution in [-0.4, -0.2) is 22.8 Å². The average Bonchev–Trinajstić information content (AvgIpc) is 2.84. The highest BCUT2D eigenvalue weighted by atomic mass is 79.9. The van der Waals surface area contributed by atoms with E-state index in [4.69, 9.17) is 15.5 Å². The van der Waals surface area contributed by atoms with Gasteiger partial charge in [0.25, 0.3) is 0 Å². The van der Waals surface area contributed by atoms with Gasteiger partial charge < -0.3 is 10.5 Å². The fraction of sp³-hybridized carbons (Fsp3) is 0.467. The first kappa shape index (κ1) is 13.6. The van der Waals surface area contributed by atoms with Gasteiger partial charge in [-0.15, -0.1) is 0 Å². The van der Waals surface area contributed by atoms with Gasteiger partial charge >= 0.3 is 0 Å². The molecule has 2 aliphatic heterocycles. The van der Waals surface area contributed by atoms with Crippen LogP contribution in [0, 0.1) is 5.92 Å². The lowest BCUT2D eigenvalue weighted by Crippen LogP contribution is -2.50. The summed E-state index contributed by atoms with van der Waals surface area (Å²) in [5.41, 5.74) is 6.61. The van der Waals surface area contributed by atoms with Crippen LogP contribution in [0.2, 0.25) is 0 Å². The Labute approximate surface area is 135 Å². The molecule has 2 heterocycles. The van der Waals surface area contributed by atoms with Crippen molar-refractivity contribution in [2.75, 3.05) is 5.75 Å². The number of fused-ring (bicyclic) bond motifs is 4. The Morgan fingerprint density at radius 3 is 3.10 bits per heavy atom. The van der Waals surface area contributed by atoms with Crippen LogP contribution in [0.4, 0.5) is 0 Å². The third kappa shape index (κ3) is 2.03. The second kappa shape index (κ2) is 4.74. The van der Waals surface area contributed by atoms with Crippen LogP contribution in [0.15, 0.2) is 27.7 Å². The van der Waals surface area contributed by atoms with Crippen molar-refractivity contribution in [2.45, 2.75) is 30.9 Å². The summed E-state index contributed by atoms with van der Waals surface area (Å²) in [7, 11) is 0. The molecule has 3 atom stereocenters. The maximum absolute atomic E-state index is 12.0. The molecular weight excluding hydrogens is 352 g/mol. The quantitative estimate of drug-likeness (QED) is 0.766. The Morgan fingerprint density at radius 1 is 1.48 bits per heavy atom. The zero-order chi connectivity index (χ0) is 14.6. The highest BCUT2D eigenvalue weighted by molar-refractivity contribution is 9.10. The summed E-state index contributed by atoms with van der Waals surface area (Å²) >= 11 is 5.10. The number of rotatable bonds is 0. The van der Waals surface area contributed by atoms with Crippen LogP contribution < -0.4 is 10.5 Å². The van der Waals surface area contributed by atoms with Crippen LogP contribution in [0.5, 0.6) is 5.75 Å². The smallest absolute Gasteiger partial charge is 0.154 e. The molecular formula is C15H15BrN2O2S. The van der Waals surface area contributed by atoms with E-state index in [9.17, 15) is 4.79 Å². The van der Waals surface area contributed by atoms with Gasteiger partial charge in [0.15, 0.2) is 5.17 Å². The molecule has 0 amide bonds. The molecule has 1 aliphatic carbocycles. The minimum atomic E-state index is -0.410. The Hall–Kier alpha value is -1.01. The second-order valence-electron chi connectivity index (χ2n) is 5.85. The van der Waals surface area contributed by atoms with Crippen molar-refractivity contribution in [1.82, 2.24) is 0 Å². The van der Waals surface area contributed by atoms with Crippen molar-refractivity contribution >= 4 is 38.6 Å². The number of benzene rings is 1. The maximum atomic E-state index is 12.0. The van der Waals surface area contributed by atoms with Gasteiger partial charge in [-0.3, -0.25) is 4.79 Å². The average molecular weight is 367 g/mol. The number of nitrogens with zero attached hydrogens (tertiary/aromatic N) is 1. The molecule has 1 spiro atoms. The van der Waals surface area contributed by atoms with E-state index in [0.717, 1.165) is 28.0 Å². The summed E-state index contributed by atoms with van der Waals surface area (Å²) in [6.07, 6.45) is 1.98. The molecule has 0 bridgehead atoms. The van der Waals surface area contributed by atoms with Crippen molar-refractivity contribution in [3.63, 3.8) is 0 Å². The number of Topliss-reactive ketones (excluding diaryl/α,β-unsaturated/α-hetero) is 1. The van der Waals surface area contributed by atoms with E-state index < -0.39 is 5.54 Å². The van der Waals surface area contributed by atoms with Gasteiger partial charge in [-0.2, -0.15) is 0 Å². The summed E-state index contributed by atoms with van der Waals surface area (Å²) in [6, 6.07) is 6.03. The van der Waals surface area contributed by atoms with E-state index in [1.165, 1.54) is 0 Å². The van der Waals surface area contributed by atoms with Crippen molar-refractivity contribution in [3.05, 3.63) is 28.2 Å². The molecule has 2 N–H and O–H groups in total. The molecule has 3 unspecified atom stereocenters. The minimum Gasteiger partial charge on any atom is -0.490 e. The molecule has 1 aromatic carbocycles.